The first-order chi connectivity index (χ1) is 9.94. The number of nitrogens with zero attached hydrogens (tertiary/aromatic N) is 1. The van der Waals surface area contributed by atoms with E-state index < -0.39 is 10.0 Å². The molecule has 2 rings (SSSR count). The van der Waals surface area contributed by atoms with Crippen LogP contribution in [0.4, 0.5) is 5.69 Å². The first kappa shape index (κ1) is 16.5. The number of benzene rings is 1. The van der Waals surface area contributed by atoms with Crippen molar-refractivity contribution in [3.05, 3.63) is 38.6 Å². The van der Waals surface area contributed by atoms with E-state index in [2.05, 4.69) is 20.2 Å². The lowest BCUT2D eigenvalue weighted by molar-refractivity contribution is 0.594. The first-order valence-electron chi connectivity index (χ1n) is 6.15. The average molecular weight is 441 g/mol. The fraction of sp³-hybridized carbons (Fsp3) is 0.250. The second-order valence-electron chi connectivity index (χ2n) is 4.23. The molecular weight excluding hydrogens is 427 g/mol. The molecule has 0 saturated carbocycles. The van der Waals surface area contributed by atoms with Crippen LogP contribution < -0.4 is 10.0 Å². The Balaban J connectivity index is 2.28. The molecule has 0 aliphatic heterocycles. The van der Waals surface area contributed by atoms with E-state index in [-0.39, 0.29) is 5.03 Å². The highest BCUT2D eigenvalue weighted by atomic mass is 127. The van der Waals surface area contributed by atoms with Crippen molar-refractivity contribution in [1.29, 1.82) is 0 Å². The third kappa shape index (κ3) is 4.09. The maximum atomic E-state index is 12.4. The topological polar surface area (TPSA) is 86.9 Å². The van der Waals surface area contributed by atoms with Gasteiger partial charge in [-0.05, 0) is 47.3 Å². The molecule has 0 spiro atoms. The Hall–Kier alpha value is -0.840. The van der Waals surface area contributed by atoms with Crippen molar-refractivity contribution in [3.8, 4) is 0 Å². The van der Waals surface area contributed by atoms with Crippen molar-refractivity contribution in [1.82, 2.24) is 15.5 Å². The lowest BCUT2D eigenvalue weighted by Crippen LogP contribution is -2.19. The van der Waals surface area contributed by atoms with Gasteiger partial charge in [-0.1, -0.05) is 18.5 Å². The molecule has 1 aromatic carbocycles. The van der Waals surface area contributed by atoms with Gasteiger partial charge in [0.15, 0.2) is 5.03 Å². The Labute approximate surface area is 141 Å². The zero-order valence-corrected chi connectivity index (χ0v) is 14.9. The van der Waals surface area contributed by atoms with Crippen LogP contribution in [-0.2, 0) is 16.6 Å². The zero-order valence-electron chi connectivity index (χ0n) is 11.2. The van der Waals surface area contributed by atoms with Gasteiger partial charge >= 0.3 is 0 Å². The molecule has 0 radical (unpaired) electrons. The number of anilines is 1. The Bertz CT molecular complexity index is 733. The Morgan fingerprint density at radius 3 is 2.86 bits per heavy atom. The lowest BCUT2D eigenvalue weighted by Gasteiger charge is -2.10. The van der Waals surface area contributed by atoms with Gasteiger partial charge in [-0.25, -0.2) is 0 Å². The number of nitrogens with one attached hydrogen (secondary N) is 3. The minimum atomic E-state index is -3.72. The summed E-state index contributed by atoms with van der Waals surface area (Å²) in [6.45, 7) is 3.12. The van der Waals surface area contributed by atoms with E-state index in [0.717, 1.165) is 10.1 Å². The standard InChI is InChI=1S/C12H14ClIN4O2S/c1-2-15-6-8-7-16-17-12(8)21(19,20)18-11-4-3-9(13)5-10(11)14/h3-5,7,15,18H,2,6H2,1H3,(H,16,17). The normalized spacial score (nSPS) is 11.6. The molecule has 0 fully saturated rings. The molecule has 3 N–H and O–H groups in total. The molecule has 0 aliphatic carbocycles. The molecule has 0 bridgehead atoms. The molecule has 1 heterocycles. The quantitative estimate of drug-likeness (QED) is 0.603. The molecule has 0 aliphatic rings. The fourth-order valence-corrected chi connectivity index (χ4v) is 4.09. The van der Waals surface area contributed by atoms with Crippen LogP contribution in [0, 0.1) is 3.57 Å². The van der Waals surface area contributed by atoms with Gasteiger partial charge in [-0.2, -0.15) is 13.5 Å². The molecular formula is C12H14ClIN4O2S. The van der Waals surface area contributed by atoms with E-state index in [1.807, 2.05) is 29.5 Å². The summed E-state index contributed by atoms with van der Waals surface area (Å²) in [5, 5.41) is 10.0. The van der Waals surface area contributed by atoms with Crippen molar-refractivity contribution < 1.29 is 8.42 Å². The summed E-state index contributed by atoms with van der Waals surface area (Å²) in [4.78, 5) is 0. The van der Waals surface area contributed by atoms with Crippen molar-refractivity contribution in [2.24, 2.45) is 0 Å². The molecule has 6 nitrogen and oxygen atoms in total. The third-order valence-corrected chi connectivity index (χ3v) is 5.19. The maximum absolute atomic E-state index is 12.4. The zero-order chi connectivity index (χ0) is 15.5. The number of aromatic amines is 1. The summed E-state index contributed by atoms with van der Waals surface area (Å²) in [5.74, 6) is 0. The van der Waals surface area contributed by atoms with E-state index in [0.29, 0.717) is 22.8 Å². The monoisotopic (exact) mass is 440 g/mol. The summed E-state index contributed by atoms with van der Waals surface area (Å²) >= 11 is 7.89. The minimum absolute atomic E-state index is 0.0641. The number of sulfonamides is 1. The average Bonchev–Trinajstić information content (AvgIpc) is 2.89. The molecule has 0 unspecified atom stereocenters. The third-order valence-electron chi connectivity index (χ3n) is 2.69. The summed E-state index contributed by atoms with van der Waals surface area (Å²) in [7, 11) is -3.72. The van der Waals surface area contributed by atoms with Crippen LogP contribution in [0.15, 0.2) is 29.4 Å². The van der Waals surface area contributed by atoms with Crippen molar-refractivity contribution >= 4 is 49.9 Å². The SMILES string of the molecule is CCNCc1cn[nH]c1S(=O)(=O)Nc1ccc(Cl)cc1I. The number of H-pyrrole nitrogens is 1. The summed E-state index contributed by atoms with van der Waals surface area (Å²) < 4.78 is 28.1. The molecule has 21 heavy (non-hydrogen) atoms. The van der Waals surface area contributed by atoms with Gasteiger partial charge in [0.05, 0.1) is 11.9 Å². The van der Waals surface area contributed by atoms with Crippen LogP contribution in [0.1, 0.15) is 12.5 Å². The van der Waals surface area contributed by atoms with Crippen LogP contribution in [0.5, 0.6) is 0 Å². The van der Waals surface area contributed by atoms with Crippen molar-refractivity contribution in [2.45, 2.75) is 18.5 Å². The summed E-state index contributed by atoms with van der Waals surface area (Å²) in [5.41, 5.74) is 1.07. The highest BCUT2D eigenvalue weighted by molar-refractivity contribution is 14.1. The van der Waals surface area contributed by atoms with Crippen LogP contribution >= 0.6 is 34.2 Å². The molecule has 114 valence electrons. The predicted octanol–water partition coefficient (Wildman–Crippen LogP) is 2.58. The number of hydrogen-bond donors (Lipinski definition) is 3. The van der Waals surface area contributed by atoms with Gasteiger partial charge in [0.2, 0.25) is 0 Å². The smallest absolute Gasteiger partial charge is 0.279 e. The van der Waals surface area contributed by atoms with Crippen molar-refractivity contribution in [2.75, 3.05) is 11.3 Å². The number of aromatic nitrogens is 2. The van der Waals surface area contributed by atoms with E-state index in [9.17, 15) is 8.42 Å². The van der Waals surface area contributed by atoms with E-state index in [1.165, 1.54) is 6.20 Å². The summed E-state index contributed by atoms with van der Waals surface area (Å²) in [6, 6.07) is 4.95. The van der Waals surface area contributed by atoms with Gasteiger partial charge < -0.3 is 5.32 Å². The van der Waals surface area contributed by atoms with E-state index >= 15 is 0 Å². The largest absolute Gasteiger partial charge is 0.313 e. The van der Waals surface area contributed by atoms with Gasteiger partial charge in [0.1, 0.15) is 0 Å². The number of rotatable bonds is 6. The number of hydrogen-bond acceptors (Lipinski definition) is 4. The molecule has 9 heteroatoms. The molecule has 1 aromatic heterocycles. The second-order valence-corrected chi connectivity index (χ2v) is 7.45. The highest BCUT2D eigenvalue weighted by Gasteiger charge is 2.21. The van der Waals surface area contributed by atoms with E-state index in [1.54, 1.807) is 18.2 Å². The Morgan fingerprint density at radius 2 is 2.19 bits per heavy atom. The number of halogens is 2. The predicted molar refractivity (Wildman–Crippen MR) is 90.9 cm³/mol. The molecule has 2 aromatic rings. The lowest BCUT2D eigenvalue weighted by atomic mass is 10.3. The Kier molecular flexibility index (Phi) is 5.47. The van der Waals surface area contributed by atoms with Gasteiger partial charge in [-0.15, -0.1) is 0 Å². The van der Waals surface area contributed by atoms with E-state index in [4.69, 9.17) is 11.6 Å². The summed E-state index contributed by atoms with van der Waals surface area (Å²) in [6.07, 6.45) is 1.50. The van der Waals surface area contributed by atoms with Crippen LogP contribution in [-0.4, -0.2) is 25.2 Å². The van der Waals surface area contributed by atoms with Crippen LogP contribution in [0.3, 0.4) is 0 Å². The van der Waals surface area contributed by atoms with Crippen molar-refractivity contribution in [3.63, 3.8) is 0 Å². The van der Waals surface area contributed by atoms with Gasteiger partial charge in [0.25, 0.3) is 10.0 Å². The highest BCUT2D eigenvalue weighted by Crippen LogP contribution is 2.25. The maximum Gasteiger partial charge on any atom is 0.279 e. The van der Waals surface area contributed by atoms with Gasteiger partial charge in [0, 0.05) is 20.7 Å². The second kappa shape index (κ2) is 6.95. The fourth-order valence-electron chi connectivity index (χ4n) is 1.69. The minimum Gasteiger partial charge on any atom is -0.313 e. The molecule has 0 amide bonds. The van der Waals surface area contributed by atoms with Gasteiger partial charge in [-0.3, -0.25) is 9.82 Å². The van der Waals surface area contributed by atoms with Crippen LogP contribution in [0.2, 0.25) is 5.02 Å². The van der Waals surface area contributed by atoms with Crippen LogP contribution in [0.25, 0.3) is 0 Å². The Morgan fingerprint density at radius 1 is 1.43 bits per heavy atom. The first-order valence-corrected chi connectivity index (χ1v) is 9.09. The molecule has 0 atom stereocenters. The molecule has 0 saturated heterocycles.